The van der Waals surface area contributed by atoms with Gasteiger partial charge in [0.1, 0.15) is 11.6 Å². The zero-order valence-corrected chi connectivity index (χ0v) is 10.7. The number of aromatic nitrogens is 4. The van der Waals surface area contributed by atoms with Crippen LogP contribution in [0, 0.1) is 12.8 Å². The van der Waals surface area contributed by atoms with E-state index >= 15 is 0 Å². The molecule has 1 fully saturated rings. The molecule has 1 saturated heterocycles. The van der Waals surface area contributed by atoms with Gasteiger partial charge in [-0.05, 0) is 19.1 Å². The van der Waals surface area contributed by atoms with Crippen molar-refractivity contribution in [3.63, 3.8) is 0 Å². The van der Waals surface area contributed by atoms with E-state index in [1.165, 1.54) is 10.7 Å². The van der Waals surface area contributed by atoms with Gasteiger partial charge in [-0.3, -0.25) is 4.79 Å². The fourth-order valence-electron chi connectivity index (χ4n) is 2.26. The molecule has 3 heterocycles. The smallest absolute Gasteiger partial charge is 0.266 e. The zero-order chi connectivity index (χ0) is 13.2. The third-order valence-electron chi connectivity index (χ3n) is 3.26. The molecular weight excluding hydrogens is 242 g/mol. The molecule has 0 saturated carbocycles. The summed E-state index contributed by atoms with van der Waals surface area (Å²) in [6.07, 6.45) is 3.42. The molecule has 6 heteroatoms. The normalized spacial score (nSPS) is 15.3. The maximum absolute atomic E-state index is 11.6. The third-order valence-corrected chi connectivity index (χ3v) is 3.26. The maximum atomic E-state index is 11.6. The Labute approximate surface area is 110 Å². The van der Waals surface area contributed by atoms with Crippen LogP contribution in [0.4, 0.5) is 5.82 Å². The highest BCUT2D eigenvalue weighted by atomic mass is 16.1. The minimum Gasteiger partial charge on any atom is -0.356 e. The van der Waals surface area contributed by atoms with Gasteiger partial charge < -0.3 is 4.90 Å². The molecule has 98 valence electrons. The van der Waals surface area contributed by atoms with Crippen molar-refractivity contribution in [2.75, 3.05) is 18.0 Å². The summed E-state index contributed by atoms with van der Waals surface area (Å²) in [5.41, 5.74) is -0.0427. The van der Waals surface area contributed by atoms with Crippen LogP contribution < -0.4 is 10.5 Å². The summed E-state index contributed by atoms with van der Waals surface area (Å²) in [6, 6.07) is 5.11. The van der Waals surface area contributed by atoms with E-state index < -0.39 is 0 Å². The van der Waals surface area contributed by atoms with Gasteiger partial charge in [-0.1, -0.05) is 0 Å². The number of rotatable bonds is 3. The molecule has 0 spiro atoms. The largest absolute Gasteiger partial charge is 0.356 e. The van der Waals surface area contributed by atoms with Crippen LogP contribution in [-0.4, -0.2) is 32.8 Å². The number of nitrogens with zero attached hydrogens (tertiary/aromatic N) is 5. The average molecular weight is 257 g/mol. The van der Waals surface area contributed by atoms with Crippen LogP contribution in [0.3, 0.4) is 0 Å². The lowest BCUT2D eigenvalue weighted by Gasteiger charge is -2.40. The molecule has 0 aliphatic carbocycles. The molecular formula is C13H15N5O. The average Bonchev–Trinajstić information content (AvgIpc) is 2.35. The Kier molecular flexibility index (Phi) is 2.98. The summed E-state index contributed by atoms with van der Waals surface area (Å²) >= 11 is 0. The van der Waals surface area contributed by atoms with Crippen LogP contribution >= 0.6 is 0 Å². The molecule has 6 nitrogen and oxygen atoms in total. The van der Waals surface area contributed by atoms with E-state index in [0.717, 1.165) is 24.7 Å². The fourth-order valence-corrected chi connectivity index (χ4v) is 2.26. The Morgan fingerprint density at radius 2 is 2.16 bits per heavy atom. The Morgan fingerprint density at radius 1 is 1.32 bits per heavy atom. The second kappa shape index (κ2) is 4.79. The highest BCUT2D eigenvalue weighted by Gasteiger charge is 2.28. The number of hydrogen-bond acceptors (Lipinski definition) is 5. The first-order valence-electron chi connectivity index (χ1n) is 6.29. The topological polar surface area (TPSA) is 63.9 Å². The predicted octanol–water partition coefficient (Wildman–Crippen LogP) is 0.478. The quantitative estimate of drug-likeness (QED) is 0.800. The summed E-state index contributed by atoms with van der Waals surface area (Å²) in [5.74, 6) is 2.18. The van der Waals surface area contributed by atoms with E-state index in [-0.39, 0.29) is 5.56 Å². The lowest BCUT2D eigenvalue weighted by molar-refractivity contribution is 0.332. The summed E-state index contributed by atoms with van der Waals surface area (Å²) in [7, 11) is 0. The Morgan fingerprint density at radius 3 is 2.89 bits per heavy atom. The highest BCUT2D eigenvalue weighted by Crippen LogP contribution is 2.22. The van der Waals surface area contributed by atoms with E-state index in [2.05, 4.69) is 20.0 Å². The molecule has 2 aromatic heterocycles. The number of anilines is 1. The molecule has 0 amide bonds. The molecule has 1 aliphatic heterocycles. The molecule has 0 N–H and O–H groups in total. The van der Waals surface area contributed by atoms with Gasteiger partial charge >= 0.3 is 0 Å². The maximum Gasteiger partial charge on any atom is 0.266 e. The van der Waals surface area contributed by atoms with Gasteiger partial charge in [0.05, 0.1) is 6.54 Å². The van der Waals surface area contributed by atoms with Crippen molar-refractivity contribution in [3.8, 4) is 0 Å². The first-order valence-corrected chi connectivity index (χ1v) is 6.29. The van der Waals surface area contributed by atoms with Gasteiger partial charge in [0.2, 0.25) is 0 Å². The van der Waals surface area contributed by atoms with E-state index in [1.807, 2.05) is 13.0 Å². The Balaban J connectivity index is 1.62. The van der Waals surface area contributed by atoms with Gasteiger partial charge in [-0.15, -0.1) is 0 Å². The zero-order valence-electron chi connectivity index (χ0n) is 10.7. The fraction of sp³-hybridized carbons (Fsp3) is 0.385. The summed E-state index contributed by atoms with van der Waals surface area (Å²) < 4.78 is 1.52. The first-order chi connectivity index (χ1) is 9.22. The third kappa shape index (κ3) is 2.47. The molecule has 1 aliphatic rings. The van der Waals surface area contributed by atoms with Gasteiger partial charge in [0.15, 0.2) is 0 Å². The van der Waals surface area contributed by atoms with E-state index in [9.17, 15) is 4.79 Å². The van der Waals surface area contributed by atoms with E-state index in [1.54, 1.807) is 18.5 Å². The van der Waals surface area contributed by atoms with Crippen molar-refractivity contribution in [3.05, 3.63) is 46.8 Å². The SMILES string of the molecule is Cc1nccc(N2CC(Cn3ncccc3=O)C2)n1. The second-order valence-corrected chi connectivity index (χ2v) is 4.78. The number of hydrogen-bond donors (Lipinski definition) is 0. The van der Waals surface area contributed by atoms with Crippen LogP contribution in [-0.2, 0) is 6.54 Å². The van der Waals surface area contributed by atoms with Crippen molar-refractivity contribution >= 4 is 5.82 Å². The summed E-state index contributed by atoms with van der Waals surface area (Å²) in [4.78, 5) is 22.2. The van der Waals surface area contributed by atoms with Crippen LogP contribution in [0.1, 0.15) is 5.82 Å². The lowest BCUT2D eigenvalue weighted by atomic mass is 10.0. The molecule has 0 bridgehead atoms. The molecule has 2 aromatic rings. The van der Waals surface area contributed by atoms with Crippen LogP contribution in [0.15, 0.2) is 35.4 Å². The molecule has 0 unspecified atom stereocenters. The predicted molar refractivity (Wildman–Crippen MR) is 71.0 cm³/mol. The monoisotopic (exact) mass is 257 g/mol. The van der Waals surface area contributed by atoms with E-state index in [0.29, 0.717) is 12.5 Å². The van der Waals surface area contributed by atoms with Crippen molar-refractivity contribution in [1.29, 1.82) is 0 Å². The molecule has 0 radical (unpaired) electrons. The van der Waals surface area contributed by atoms with Crippen molar-refractivity contribution in [2.24, 2.45) is 5.92 Å². The lowest BCUT2D eigenvalue weighted by Crippen LogP contribution is -2.50. The Bertz CT molecular complexity index is 633. The van der Waals surface area contributed by atoms with Gasteiger partial charge in [-0.25, -0.2) is 14.6 Å². The van der Waals surface area contributed by atoms with Crippen LogP contribution in [0.25, 0.3) is 0 Å². The standard InChI is InChI=1S/C13H15N5O/c1-10-14-6-4-12(16-10)17-7-11(8-17)9-18-13(19)3-2-5-15-18/h2-6,11H,7-9H2,1H3. The minimum atomic E-state index is -0.0427. The van der Waals surface area contributed by atoms with Crippen molar-refractivity contribution < 1.29 is 0 Å². The van der Waals surface area contributed by atoms with E-state index in [4.69, 9.17) is 0 Å². The number of aryl methyl sites for hydroxylation is 1. The van der Waals surface area contributed by atoms with Gasteiger partial charge in [-0.2, -0.15) is 5.10 Å². The van der Waals surface area contributed by atoms with Gasteiger partial charge in [0.25, 0.3) is 5.56 Å². The highest BCUT2D eigenvalue weighted by molar-refractivity contribution is 5.40. The van der Waals surface area contributed by atoms with Crippen LogP contribution in [0.5, 0.6) is 0 Å². The van der Waals surface area contributed by atoms with Gasteiger partial charge in [0, 0.05) is 37.5 Å². The molecule has 0 aromatic carbocycles. The molecule has 19 heavy (non-hydrogen) atoms. The molecule has 3 rings (SSSR count). The summed E-state index contributed by atoms with van der Waals surface area (Å²) in [6.45, 7) is 4.35. The minimum absolute atomic E-state index is 0.0427. The van der Waals surface area contributed by atoms with Crippen molar-refractivity contribution in [1.82, 2.24) is 19.7 Å². The van der Waals surface area contributed by atoms with Crippen LogP contribution in [0.2, 0.25) is 0 Å². The summed E-state index contributed by atoms with van der Waals surface area (Å²) in [5, 5.41) is 4.07. The molecule has 0 atom stereocenters. The van der Waals surface area contributed by atoms with Crippen molar-refractivity contribution in [2.45, 2.75) is 13.5 Å². The Hall–Kier alpha value is -2.24. The second-order valence-electron chi connectivity index (χ2n) is 4.78. The first kappa shape index (κ1) is 11.8.